The molecule has 3 heterocycles. The number of benzene rings is 1. The van der Waals surface area contributed by atoms with Gasteiger partial charge < -0.3 is 20.3 Å². The molecular weight excluding hydrogens is 445 g/mol. The van der Waals surface area contributed by atoms with Crippen molar-refractivity contribution in [3.8, 4) is 5.75 Å². The van der Waals surface area contributed by atoms with Gasteiger partial charge in [0, 0.05) is 36.9 Å². The molecule has 0 spiro atoms. The highest BCUT2D eigenvalue weighted by molar-refractivity contribution is 5.58. The van der Waals surface area contributed by atoms with Gasteiger partial charge in [0.05, 0.1) is 7.11 Å². The Morgan fingerprint density at radius 1 is 1.00 bits per heavy atom. The third kappa shape index (κ3) is 5.44. The number of nitrogens with zero attached hydrogens (tertiary/aromatic N) is 5. The maximum absolute atomic E-state index is 13.9. The summed E-state index contributed by atoms with van der Waals surface area (Å²) in [5.74, 6) is 2.29. The molecule has 0 radical (unpaired) electrons. The summed E-state index contributed by atoms with van der Waals surface area (Å²) in [4.78, 5) is 19.3. The van der Waals surface area contributed by atoms with E-state index in [4.69, 9.17) is 19.7 Å². The Bertz CT molecular complexity index is 1000. The molecular formula is C26H38FN7O. The quantitative estimate of drug-likeness (QED) is 0.553. The molecule has 1 saturated carbocycles. The van der Waals surface area contributed by atoms with Crippen LogP contribution in [0, 0.1) is 11.7 Å². The summed E-state index contributed by atoms with van der Waals surface area (Å²) in [5.41, 5.74) is 0.675. The fraction of sp³-hybridized carbons (Fsp3) is 0.654. The van der Waals surface area contributed by atoms with Gasteiger partial charge in [0.25, 0.3) is 0 Å². The number of halogens is 1. The number of hydrogen-bond acceptors (Lipinski definition) is 8. The number of ether oxygens (including phenoxy) is 1. The van der Waals surface area contributed by atoms with Crippen molar-refractivity contribution in [2.75, 3.05) is 48.8 Å². The first-order chi connectivity index (χ1) is 17.1. The van der Waals surface area contributed by atoms with Crippen molar-refractivity contribution in [3.63, 3.8) is 0 Å². The van der Waals surface area contributed by atoms with E-state index < -0.39 is 5.82 Å². The fourth-order valence-corrected chi connectivity index (χ4v) is 6.12. The van der Waals surface area contributed by atoms with Crippen LogP contribution in [0.15, 0.2) is 18.2 Å². The van der Waals surface area contributed by atoms with Crippen LogP contribution >= 0.6 is 0 Å². The van der Waals surface area contributed by atoms with E-state index in [1.807, 2.05) is 0 Å². The first kappa shape index (κ1) is 24.0. The number of aromatic nitrogens is 3. The third-order valence-electron chi connectivity index (χ3n) is 7.93. The van der Waals surface area contributed by atoms with Gasteiger partial charge in [-0.1, -0.05) is 19.8 Å². The molecule has 35 heavy (non-hydrogen) atoms. The maximum atomic E-state index is 13.9. The van der Waals surface area contributed by atoms with Crippen LogP contribution in [0.4, 0.5) is 27.9 Å². The summed E-state index contributed by atoms with van der Waals surface area (Å²) < 4.78 is 19.1. The van der Waals surface area contributed by atoms with Gasteiger partial charge in [-0.3, -0.25) is 4.90 Å². The van der Waals surface area contributed by atoms with Crippen LogP contribution in [0.3, 0.4) is 0 Å². The lowest BCUT2D eigenvalue weighted by Crippen LogP contribution is -2.47. The molecule has 2 N–H and O–H groups in total. The van der Waals surface area contributed by atoms with Gasteiger partial charge in [0.2, 0.25) is 17.8 Å². The van der Waals surface area contributed by atoms with Crippen molar-refractivity contribution >= 4 is 23.5 Å². The van der Waals surface area contributed by atoms with Gasteiger partial charge in [-0.25, -0.2) is 4.39 Å². The van der Waals surface area contributed by atoms with E-state index in [1.54, 1.807) is 12.1 Å². The summed E-state index contributed by atoms with van der Waals surface area (Å²) in [6, 6.07) is 5.68. The number of methoxy groups -OCH3 is 1. The second-order valence-corrected chi connectivity index (χ2v) is 10.0. The van der Waals surface area contributed by atoms with Gasteiger partial charge in [-0.05, 0) is 69.7 Å². The van der Waals surface area contributed by atoms with E-state index in [0.717, 1.165) is 38.0 Å². The molecule has 190 valence electrons. The fourth-order valence-electron chi connectivity index (χ4n) is 6.12. The number of likely N-dealkylation sites (tertiary alicyclic amines) is 1. The minimum Gasteiger partial charge on any atom is -0.494 e. The van der Waals surface area contributed by atoms with E-state index in [1.165, 1.54) is 64.5 Å². The SMILES string of the molecule is CCN1CCCC1CNc1nc(Nc2ccc(F)c(OC)c2)nc(N2CCCC3CCCCC32)n1. The lowest BCUT2D eigenvalue weighted by atomic mass is 9.78. The lowest BCUT2D eigenvalue weighted by Gasteiger charge is -2.44. The summed E-state index contributed by atoms with van der Waals surface area (Å²) in [5, 5.41) is 6.76. The highest BCUT2D eigenvalue weighted by atomic mass is 19.1. The van der Waals surface area contributed by atoms with Crippen LogP contribution in [0.5, 0.6) is 5.75 Å². The molecule has 1 aliphatic carbocycles. The summed E-state index contributed by atoms with van der Waals surface area (Å²) in [6.45, 7) is 6.22. The largest absolute Gasteiger partial charge is 0.494 e. The highest BCUT2D eigenvalue weighted by Crippen LogP contribution is 2.37. The minimum atomic E-state index is -0.398. The molecule has 2 aromatic rings. The molecule has 0 bridgehead atoms. The number of likely N-dealkylation sites (N-methyl/N-ethyl adjacent to an activating group) is 1. The van der Waals surface area contributed by atoms with E-state index >= 15 is 0 Å². The predicted octanol–water partition coefficient (Wildman–Crippen LogP) is 4.82. The third-order valence-corrected chi connectivity index (χ3v) is 7.93. The van der Waals surface area contributed by atoms with Gasteiger partial charge in [-0.15, -0.1) is 0 Å². The first-order valence-electron chi connectivity index (χ1n) is 13.3. The number of nitrogens with one attached hydrogen (secondary N) is 2. The molecule has 3 unspecified atom stereocenters. The van der Waals surface area contributed by atoms with Crippen molar-refractivity contribution in [1.82, 2.24) is 19.9 Å². The Morgan fingerprint density at radius 3 is 2.66 bits per heavy atom. The van der Waals surface area contributed by atoms with E-state index in [9.17, 15) is 4.39 Å². The maximum Gasteiger partial charge on any atom is 0.233 e. The Balaban J connectivity index is 1.41. The Kier molecular flexibility index (Phi) is 7.51. The standard InChI is InChI=1S/C26H38FN7O/c1-3-33-14-7-10-20(33)17-28-24-30-25(29-19-12-13-21(27)23(16-19)35-2)32-26(31-24)34-15-6-9-18-8-4-5-11-22(18)34/h12-13,16,18,20,22H,3-11,14-15,17H2,1-2H3,(H2,28,29,30,31,32). The molecule has 5 rings (SSSR count). The van der Waals surface area contributed by atoms with Crippen molar-refractivity contribution < 1.29 is 9.13 Å². The first-order valence-corrected chi connectivity index (χ1v) is 13.3. The number of fused-ring (bicyclic) bond motifs is 1. The molecule has 3 fully saturated rings. The molecule has 1 aromatic carbocycles. The van der Waals surface area contributed by atoms with Crippen LogP contribution in [0.1, 0.15) is 58.3 Å². The van der Waals surface area contributed by atoms with E-state index in [0.29, 0.717) is 29.7 Å². The summed E-state index contributed by atoms with van der Waals surface area (Å²) in [6.07, 6.45) is 9.98. The van der Waals surface area contributed by atoms with Crippen molar-refractivity contribution in [2.45, 2.75) is 70.4 Å². The monoisotopic (exact) mass is 483 g/mol. The van der Waals surface area contributed by atoms with Gasteiger partial charge in [-0.2, -0.15) is 15.0 Å². The predicted molar refractivity (Wildman–Crippen MR) is 137 cm³/mol. The second-order valence-electron chi connectivity index (χ2n) is 10.0. The number of anilines is 4. The molecule has 2 saturated heterocycles. The Hall–Kier alpha value is -2.68. The summed E-state index contributed by atoms with van der Waals surface area (Å²) in [7, 11) is 1.46. The van der Waals surface area contributed by atoms with E-state index in [2.05, 4.69) is 27.4 Å². The molecule has 3 atom stereocenters. The van der Waals surface area contributed by atoms with E-state index in [-0.39, 0.29) is 5.75 Å². The molecule has 3 aliphatic rings. The van der Waals surface area contributed by atoms with Crippen molar-refractivity contribution in [3.05, 3.63) is 24.0 Å². The average Bonchev–Trinajstić information content (AvgIpc) is 3.36. The van der Waals surface area contributed by atoms with Gasteiger partial charge in [0.15, 0.2) is 11.6 Å². The molecule has 2 aliphatic heterocycles. The van der Waals surface area contributed by atoms with Crippen LogP contribution in [0.25, 0.3) is 0 Å². The molecule has 1 aromatic heterocycles. The van der Waals surface area contributed by atoms with Crippen molar-refractivity contribution in [1.29, 1.82) is 0 Å². The lowest BCUT2D eigenvalue weighted by molar-refractivity contribution is 0.241. The smallest absolute Gasteiger partial charge is 0.233 e. The van der Waals surface area contributed by atoms with Crippen LogP contribution in [-0.4, -0.2) is 65.2 Å². The zero-order valence-corrected chi connectivity index (χ0v) is 21.0. The van der Waals surface area contributed by atoms with Crippen LogP contribution < -0.4 is 20.3 Å². The number of hydrogen-bond donors (Lipinski definition) is 2. The Labute approximate surface area is 207 Å². The minimum absolute atomic E-state index is 0.185. The van der Waals surface area contributed by atoms with Gasteiger partial charge in [0.1, 0.15) is 0 Å². The van der Waals surface area contributed by atoms with Crippen molar-refractivity contribution in [2.24, 2.45) is 5.92 Å². The normalized spacial score (nSPS) is 24.8. The zero-order valence-electron chi connectivity index (χ0n) is 21.0. The Morgan fingerprint density at radius 2 is 1.80 bits per heavy atom. The topological polar surface area (TPSA) is 78.4 Å². The molecule has 8 nitrogen and oxygen atoms in total. The highest BCUT2D eigenvalue weighted by Gasteiger charge is 2.35. The number of rotatable bonds is 8. The second kappa shape index (κ2) is 10.9. The van der Waals surface area contributed by atoms with Gasteiger partial charge >= 0.3 is 0 Å². The summed E-state index contributed by atoms with van der Waals surface area (Å²) >= 11 is 0. The number of piperidine rings is 1. The average molecular weight is 484 g/mol. The molecule has 0 amide bonds. The molecule has 9 heteroatoms. The van der Waals surface area contributed by atoms with Crippen LogP contribution in [-0.2, 0) is 0 Å². The zero-order chi connectivity index (χ0) is 24.2. The van der Waals surface area contributed by atoms with Crippen LogP contribution in [0.2, 0.25) is 0 Å².